The van der Waals surface area contributed by atoms with Gasteiger partial charge in [0.15, 0.2) is 0 Å². The van der Waals surface area contributed by atoms with Crippen LogP contribution in [0.3, 0.4) is 0 Å². The van der Waals surface area contributed by atoms with Crippen molar-refractivity contribution in [3.05, 3.63) is 28.4 Å². The Balaban J connectivity index is 2.21. The van der Waals surface area contributed by atoms with Crippen LogP contribution in [-0.4, -0.2) is 25.9 Å². The van der Waals surface area contributed by atoms with E-state index in [1.54, 1.807) is 6.07 Å². The third-order valence-electron chi connectivity index (χ3n) is 3.43. The molecule has 0 N–H and O–H groups in total. The van der Waals surface area contributed by atoms with E-state index in [0.29, 0.717) is 23.4 Å². The number of benzene rings is 1. The van der Waals surface area contributed by atoms with Crippen molar-refractivity contribution in [1.29, 1.82) is 0 Å². The van der Waals surface area contributed by atoms with Crippen LogP contribution in [0.5, 0.6) is 5.75 Å². The SMILES string of the molecule is CCOc1cc(Cl)c(Cl)c2c1ccn2COCC[Si](C)(C)C. The van der Waals surface area contributed by atoms with E-state index in [1.165, 1.54) is 0 Å². The van der Waals surface area contributed by atoms with Crippen molar-refractivity contribution in [3.8, 4) is 5.75 Å². The van der Waals surface area contributed by atoms with E-state index in [0.717, 1.165) is 29.3 Å². The Morgan fingerprint density at radius 3 is 2.59 bits per heavy atom. The summed E-state index contributed by atoms with van der Waals surface area (Å²) in [6.45, 7) is 10.8. The predicted molar refractivity (Wildman–Crippen MR) is 97.2 cm³/mol. The molecule has 0 bridgehead atoms. The molecule has 1 aromatic carbocycles. The van der Waals surface area contributed by atoms with Crippen LogP contribution in [0.15, 0.2) is 18.3 Å². The van der Waals surface area contributed by atoms with Gasteiger partial charge in [0.05, 0.1) is 22.2 Å². The summed E-state index contributed by atoms with van der Waals surface area (Å²) in [4.78, 5) is 0. The molecular formula is C16H23Cl2NO2Si. The van der Waals surface area contributed by atoms with E-state index in [2.05, 4.69) is 19.6 Å². The van der Waals surface area contributed by atoms with Gasteiger partial charge < -0.3 is 14.0 Å². The van der Waals surface area contributed by atoms with Crippen LogP contribution in [0.25, 0.3) is 10.9 Å². The van der Waals surface area contributed by atoms with Crippen molar-refractivity contribution >= 4 is 42.2 Å². The molecule has 1 aromatic heterocycles. The second-order valence-corrected chi connectivity index (χ2v) is 12.9. The Labute approximate surface area is 143 Å². The largest absolute Gasteiger partial charge is 0.493 e. The summed E-state index contributed by atoms with van der Waals surface area (Å²) in [5.41, 5.74) is 0.866. The third-order valence-corrected chi connectivity index (χ3v) is 5.91. The summed E-state index contributed by atoms with van der Waals surface area (Å²) in [5.74, 6) is 0.757. The average Bonchev–Trinajstić information content (AvgIpc) is 2.84. The van der Waals surface area contributed by atoms with Gasteiger partial charge in [0.1, 0.15) is 12.5 Å². The molecule has 2 rings (SSSR count). The zero-order valence-corrected chi connectivity index (χ0v) is 16.1. The molecule has 0 atom stereocenters. The molecular weight excluding hydrogens is 337 g/mol. The Morgan fingerprint density at radius 2 is 1.95 bits per heavy atom. The number of fused-ring (bicyclic) bond motifs is 1. The number of hydrogen-bond acceptors (Lipinski definition) is 2. The minimum Gasteiger partial charge on any atom is -0.493 e. The molecule has 1 heterocycles. The lowest BCUT2D eigenvalue weighted by atomic mass is 10.2. The second kappa shape index (κ2) is 7.26. The van der Waals surface area contributed by atoms with Gasteiger partial charge in [-0.1, -0.05) is 42.8 Å². The number of ether oxygens (including phenoxy) is 2. The summed E-state index contributed by atoms with van der Waals surface area (Å²) >= 11 is 12.6. The molecule has 0 amide bonds. The third kappa shape index (κ3) is 4.19. The highest BCUT2D eigenvalue weighted by Crippen LogP contribution is 2.38. The molecule has 6 heteroatoms. The number of nitrogens with zero attached hydrogens (tertiary/aromatic N) is 1. The summed E-state index contributed by atoms with van der Waals surface area (Å²) in [6, 6.07) is 4.90. The lowest BCUT2D eigenvalue weighted by molar-refractivity contribution is 0.0902. The first-order chi connectivity index (χ1) is 10.3. The Bertz CT molecular complexity index is 650. The Hall–Kier alpha value is -0.683. The molecule has 0 aliphatic carbocycles. The Morgan fingerprint density at radius 1 is 1.23 bits per heavy atom. The fraction of sp³-hybridized carbons (Fsp3) is 0.500. The molecule has 22 heavy (non-hydrogen) atoms. The van der Waals surface area contributed by atoms with Gasteiger partial charge in [0.25, 0.3) is 0 Å². The molecule has 0 aliphatic heterocycles. The number of aromatic nitrogens is 1. The van der Waals surface area contributed by atoms with E-state index in [1.807, 2.05) is 23.8 Å². The minimum atomic E-state index is -1.07. The first-order valence-electron chi connectivity index (χ1n) is 7.51. The van der Waals surface area contributed by atoms with Crippen LogP contribution in [-0.2, 0) is 11.5 Å². The van der Waals surface area contributed by atoms with Crippen molar-refractivity contribution in [2.24, 2.45) is 0 Å². The van der Waals surface area contributed by atoms with Crippen LogP contribution >= 0.6 is 23.2 Å². The molecule has 3 nitrogen and oxygen atoms in total. The number of halogens is 2. The zero-order chi connectivity index (χ0) is 16.3. The molecule has 0 saturated carbocycles. The maximum Gasteiger partial charge on any atom is 0.130 e. The number of hydrogen-bond donors (Lipinski definition) is 0. The summed E-state index contributed by atoms with van der Waals surface area (Å²) < 4.78 is 13.4. The van der Waals surface area contributed by atoms with Crippen LogP contribution in [0.4, 0.5) is 0 Å². The van der Waals surface area contributed by atoms with Crippen molar-refractivity contribution in [1.82, 2.24) is 4.57 Å². The molecule has 0 spiro atoms. The van der Waals surface area contributed by atoms with Crippen molar-refractivity contribution < 1.29 is 9.47 Å². The lowest BCUT2D eigenvalue weighted by Crippen LogP contribution is -2.21. The van der Waals surface area contributed by atoms with Gasteiger partial charge in [0.2, 0.25) is 0 Å². The monoisotopic (exact) mass is 359 g/mol. The Kier molecular flexibility index (Phi) is 5.83. The maximum atomic E-state index is 6.37. The normalized spacial score (nSPS) is 12.1. The minimum absolute atomic E-state index is 0.472. The highest BCUT2D eigenvalue weighted by molar-refractivity contribution is 6.76. The van der Waals surface area contributed by atoms with Crippen LogP contribution in [0.2, 0.25) is 35.7 Å². The first kappa shape index (κ1) is 17.7. The molecule has 0 fully saturated rings. The topological polar surface area (TPSA) is 23.4 Å². The highest BCUT2D eigenvalue weighted by Gasteiger charge is 2.15. The summed E-state index contributed by atoms with van der Waals surface area (Å²) in [6.07, 6.45) is 1.96. The highest BCUT2D eigenvalue weighted by atomic mass is 35.5. The average molecular weight is 360 g/mol. The molecule has 0 radical (unpaired) electrons. The standard InChI is InChI=1S/C16H23Cl2NO2Si/c1-5-21-14-10-13(17)15(18)16-12(14)6-7-19(16)11-20-8-9-22(2,3)4/h6-7,10H,5,8-9,11H2,1-4H3. The second-order valence-electron chi connectivity index (χ2n) is 6.50. The summed E-state index contributed by atoms with van der Waals surface area (Å²) in [7, 11) is -1.07. The van der Waals surface area contributed by atoms with E-state index in [-0.39, 0.29) is 0 Å². The molecule has 0 saturated heterocycles. The smallest absolute Gasteiger partial charge is 0.130 e. The maximum absolute atomic E-state index is 6.37. The van der Waals surface area contributed by atoms with Gasteiger partial charge in [0, 0.05) is 32.3 Å². The van der Waals surface area contributed by atoms with Crippen molar-refractivity contribution in [3.63, 3.8) is 0 Å². The fourth-order valence-electron chi connectivity index (χ4n) is 2.21. The van der Waals surface area contributed by atoms with Crippen LogP contribution in [0.1, 0.15) is 6.92 Å². The summed E-state index contributed by atoms with van der Waals surface area (Å²) in [5, 5.41) is 2.00. The van der Waals surface area contributed by atoms with E-state index < -0.39 is 8.07 Å². The fourth-order valence-corrected chi connectivity index (χ4v) is 3.42. The van der Waals surface area contributed by atoms with Gasteiger partial charge >= 0.3 is 0 Å². The van der Waals surface area contributed by atoms with Gasteiger partial charge in [-0.15, -0.1) is 0 Å². The van der Waals surface area contributed by atoms with Gasteiger partial charge in [-0.3, -0.25) is 0 Å². The molecule has 0 unspecified atom stereocenters. The molecule has 0 aliphatic rings. The molecule has 122 valence electrons. The quantitative estimate of drug-likeness (QED) is 0.470. The first-order valence-corrected chi connectivity index (χ1v) is 12.0. The van der Waals surface area contributed by atoms with E-state index in [4.69, 9.17) is 32.7 Å². The number of rotatable bonds is 7. The van der Waals surface area contributed by atoms with Crippen molar-refractivity contribution in [2.45, 2.75) is 39.3 Å². The van der Waals surface area contributed by atoms with Gasteiger partial charge in [-0.2, -0.15) is 0 Å². The van der Waals surface area contributed by atoms with E-state index in [9.17, 15) is 0 Å². The lowest BCUT2D eigenvalue weighted by Gasteiger charge is -2.16. The predicted octanol–water partition coefficient (Wildman–Crippen LogP) is 5.66. The van der Waals surface area contributed by atoms with Crippen LogP contribution < -0.4 is 4.74 Å². The van der Waals surface area contributed by atoms with Crippen molar-refractivity contribution in [2.75, 3.05) is 13.2 Å². The van der Waals surface area contributed by atoms with Crippen LogP contribution in [0, 0.1) is 0 Å². The molecule has 2 aromatic rings. The zero-order valence-electron chi connectivity index (χ0n) is 13.6. The van der Waals surface area contributed by atoms with E-state index >= 15 is 0 Å². The van der Waals surface area contributed by atoms with Gasteiger partial charge in [-0.05, 0) is 19.0 Å². The van der Waals surface area contributed by atoms with Gasteiger partial charge in [-0.25, -0.2) is 0 Å².